The van der Waals surface area contributed by atoms with Gasteiger partial charge in [-0.2, -0.15) is 0 Å². The van der Waals surface area contributed by atoms with Crippen LogP contribution in [-0.4, -0.2) is 11.9 Å². The highest BCUT2D eigenvalue weighted by Crippen LogP contribution is 2.15. The maximum atomic E-state index is 13.4. The van der Waals surface area contributed by atoms with Crippen molar-refractivity contribution in [1.82, 2.24) is 0 Å². The zero-order valence-corrected chi connectivity index (χ0v) is 11.5. The van der Waals surface area contributed by atoms with Crippen LogP contribution in [0.15, 0.2) is 48.5 Å². The van der Waals surface area contributed by atoms with Crippen LogP contribution >= 0.6 is 0 Å². The predicted molar refractivity (Wildman–Crippen MR) is 79.3 cm³/mol. The summed E-state index contributed by atoms with van der Waals surface area (Å²) >= 11 is 0. The second-order valence-electron chi connectivity index (χ2n) is 4.69. The van der Waals surface area contributed by atoms with Gasteiger partial charge in [0.25, 0.3) is 0 Å². The van der Waals surface area contributed by atoms with Crippen LogP contribution in [0.4, 0.5) is 15.8 Å². The first-order valence-electron chi connectivity index (χ1n) is 6.45. The molecule has 0 fully saturated rings. The summed E-state index contributed by atoms with van der Waals surface area (Å²) in [6.45, 7) is 3.43. The second kappa shape index (κ2) is 6.19. The zero-order valence-electron chi connectivity index (χ0n) is 11.5. The lowest BCUT2D eigenvalue weighted by Gasteiger charge is -2.15. The normalized spacial score (nSPS) is 11.8. The number of nitrogens with one attached hydrogen (secondary N) is 2. The van der Waals surface area contributed by atoms with E-state index in [2.05, 4.69) is 10.6 Å². The van der Waals surface area contributed by atoms with Gasteiger partial charge in [0.05, 0.1) is 0 Å². The highest BCUT2D eigenvalue weighted by molar-refractivity contribution is 5.96. The minimum absolute atomic E-state index is 0.169. The second-order valence-corrected chi connectivity index (χ2v) is 4.69. The van der Waals surface area contributed by atoms with Crippen LogP contribution < -0.4 is 10.6 Å². The summed E-state index contributed by atoms with van der Waals surface area (Å²) < 4.78 is 13.4. The number of rotatable bonds is 4. The summed E-state index contributed by atoms with van der Waals surface area (Å²) in [4.78, 5) is 12.0. The average Bonchev–Trinajstić information content (AvgIpc) is 2.44. The number of halogens is 1. The SMILES string of the molecule is Cc1ccc(N[C@@H](C)C(=O)Nc2ccccc2)cc1F. The van der Waals surface area contributed by atoms with E-state index < -0.39 is 6.04 Å². The standard InChI is InChI=1S/C16H17FN2O/c1-11-8-9-14(10-15(11)17)18-12(2)16(20)19-13-6-4-3-5-7-13/h3-10,12,18H,1-2H3,(H,19,20)/t12-/m0/s1. The third-order valence-corrected chi connectivity index (χ3v) is 2.99. The molecule has 1 atom stereocenters. The number of aryl methyl sites for hydroxylation is 1. The van der Waals surface area contributed by atoms with Crippen LogP contribution in [0.3, 0.4) is 0 Å². The summed E-state index contributed by atoms with van der Waals surface area (Å²) in [7, 11) is 0. The molecule has 2 aromatic rings. The van der Waals surface area contributed by atoms with Crippen LogP contribution in [0.2, 0.25) is 0 Å². The number of benzene rings is 2. The molecule has 0 aliphatic rings. The van der Waals surface area contributed by atoms with Gasteiger partial charge in [-0.15, -0.1) is 0 Å². The fraction of sp³-hybridized carbons (Fsp3) is 0.188. The van der Waals surface area contributed by atoms with E-state index in [9.17, 15) is 9.18 Å². The maximum absolute atomic E-state index is 13.4. The van der Waals surface area contributed by atoms with Crippen molar-refractivity contribution in [2.75, 3.05) is 10.6 Å². The molecule has 0 radical (unpaired) electrons. The molecule has 4 heteroatoms. The van der Waals surface area contributed by atoms with Gasteiger partial charge >= 0.3 is 0 Å². The summed E-state index contributed by atoms with van der Waals surface area (Å²) in [6, 6.07) is 13.6. The van der Waals surface area contributed by atoms with E-state index in [-0.39, 0.29) is 11.7 Å². The summed E-state index contributed by atoms with van der Waals surface area (Å²) in [5.41, 5.74) is 1.90. The number of anilines is 2. The highest BCUT2D eigenvalue weighted by atomic mass is 19.1. The first-order valence-corrected chi connectivity index (χ1v) is 6.45. The monoisotopic (exact) mass is 272 g/mol. The van der Waals surface area contributed by atoms with Crippen molar-refractivity contribution >= 4 is 17.3 Å². The smallest absolute Gasteiger partial charge is 0.246 e. The van der Waals surface area contributed by atoms with Gasteiger partial charge in [0.2, 0.25) is 5.91 Å². The maximum Gasteiger partial charge on any atom is 0.246 e. The van der Waals surface area contributed by atoms with Gasteiger partial charge < -0.3 is 10.6 Å². The molecule has 0 aliphatic carbocycles. The van der Waals surface area contributed by atoms with Crippen LogP contribution in [0.5, 0.6) is 0 Å². The minimum atomic E-state index is -0.461. The highest BCUT2D eigenvalue weighted by Gasteiger charge is 2.13. The molecule has 2 aromatic carbocycles. The summed E-state index contributed by atoms with van der Waals surface area (Å²) in [5.74, 6) is -0.456. The van der Waals surface area contributed by atoms with Crippen LogP contribution in [0.25, 0.3) is 0 Å². The fourth-order valence-electron chi connectivity index (χ4n) is 1.77. The number of hydrogen-bond acceptors (Lipinski definition) is 2. The Morgan fingerprint density at radius 3 is 2.45 bits per heavy atom. The van der Waals surface area contributed by atoms with E-state index in [1.54, 1.807) is 26.0 Å². The Balaban J connectivity index is 1.98. The van der Waals surface area contributed by atoms with Crippen molar-refractivity contribution in [2.45, 2.75) is 19.9 Å². The third-order valence-electron chi connectivity index (χ3n) is 2.99. The average molecular weight is 272 g/mol. The van der Waals surface area contributed by atoms with Gasteiger partial charge in [-0.05, 0) is 43.7 Å². The largest absolute Gasteiger partial charge is 0.374 e. The summed E-state index contributed by atoms with van der Waals surface area (Å²) in [5, 5.41) is 5.77. The van der Waals surface area contributed by atoms with Crippen LogP contribution in [0, 0.1) is 12.7 Å². The Bertz CT molecular complexity index is 599. The zero-order chi connectivity index (χ0) is 14.5. The summed E-state index contributed by atoms with van der Waals surface area (Å²) in [6.07, 6.45) is 0. The Kier molecular flexibility index (Phi) is 4.35. The molecule has 20 heavy (non-hydrogen) atoms. The Morgan fingerprint density at radius 2 is 1.80 bits per heavy atom. The molecule has 0 unspecified atom stereocenters. The van der Waals surface area contributed by atoms with E-state index >= 15 is 0 Å². The number of hydrogen-bond donors (Lipinski definition) is 2. The first kappa shape index (κ1) is 14.1. The van der Waals surface area contributed by atoms with Crippen molar-refractivity contribution in [1.29, 1.82) is 0 Å². The molecule has 2 N–H and O–H groups in total. The van der Waals surface area contributed by atoms with Gasteiger partial charge in [-0.1, -0.05) is 24.3 Å². The molecule has 0 saturated heterocycles. The van der Waals surface area contributed by atoms with E-state index in [1.807, 2.05) is 30.3 Å². The number of para-hydroxylation sites is 1. The Hall–Kier alpha value is -2.36. The van der Waals surface area contributed by atoms with Crippen molar-refractivity contribution in [3.8, 4) is 0 Å². The first-order chi connectivity index (χ1) is 9.56. The van der Waals surface area contributed by atoms with Crippen molar-refractivity contribution in [3.05, 3.63) is 59.9 Å². The lowest BCUT2D eigenvalue weighted by Crippen LogP contribution is -2.31. The number of amides is 1. The lowest BCUT2D eigenvalue weighted by atomic mass is 10.2. The molecule has 0 aromatic heterocycles. The van der Waals surface area contributed by atoms with Crippen molar-refractivity contribution in [2.24, 2.45) is 0 Å². The van der Waals surface area contributed by atoms with Crippen LogP contribution in [0.1, 0.15) is 12.5 Å². The van der Waals surface area contributed by atoms with Gasteiger partial charge in [-0.3, -0.25) is 4.79 Å². The lowest BCUT2D eigenvalue weighted by molar-refractivity contribution is -0.116. The Labute approximate surface area is 117 Å². The molecule has 0 saturated carbocycles. The minimum Gasteiger partial charge on any atom is -0.374 e. The van der Waals surface area contributed by atoms with E-state index in [4.69, 9.17) is 0 Å². The van der Waals surface area contributed by atoms with Gasteiger partial charge in [0.15, 0.2) is 0 Å². The molecule has 0 aliphatic heterocycles. The van der Waals surface area contributed by atoms with E-state index in [0.717, 1.165) is 5.69 Å². The molecule has 3 nitrogen and oxygen atoms in total. The number of carbonyl (C=O) groups is 1. The van der Waals surface area contributed by atoms with Gasteiger partial charge in [0, 0.05) is 11.4 Å². The molecule has 0 bridgehead atoms. The molecule has 104 valence electrons. The number of carbonyl (C=O) groups excluding carboxylic acids is 1. The molecule has 2 rings (SSSR count). The topological polar surface area (TPSA) is 41.1 Å². The third kappa shape index (κ3) is 3.57. The van der Waals surface area contributed by atoms with Gasteiger partial charge in [0.1, 0.15) is 11.9 Å². The molecular weight excluding hydrogens is 255 g/mol. The molecule has 0 spiro atoms. The van der Waals surface area contributed by atoms with E-state index in [1.165, 1.54) is 6.07 Å². The molecular formula is C16H17FN2O. The predicted octanol–water partition coefficient (Wildman–Crippen LogP) is 3.57. The van der Waals surface area contributed by atoms with Gasteiger partial charge in [-0.25, -0.2) is 4.39 Å². The van der Waals surface area contributed by atoms with Crippen molar-refractivity contribution in [3.63, 3.8) is 0 Å². The Morgan fingerprint density at radius 1 is 1.10 bits per heavy atom. The quantitative estimate of drug-likeness (QED) is 0.893. The fourth-order valence-corrected chi connectivity index (χ4v) is 1.77. The van der Waals surface area contributed by atoms with Crippen molar-refractivity contribution < 1.29 is 9.18 Å². The van der Waals surface area contributed by atoms with Crippen LogP contribution in [-0.2, 0) is 4.79 Å². The molecule has 0 heterocycles. The molecule has 1 amide bonds. The van der Waals surface area contributed by atoms with E-state index in [0.29, 0.717) is 11.3 Å².